The lowest BCUT2D eigenvalue weighted by atomic mass is 9.93. The van der Waals surface area contributed by atoms with Crippen LogP contribution in [0.25, 0.3) is 0 Å². The van der Waals surface area contributed by atoms with E-state index in [-0.39, 0.29) is 11.5 Å². The van der Waals surface area contributed by atoms with Gasteiger partial charge in [-0.2, -0.15) is 5.10 Å². The number of aryl methyl sites for hydroxylation is 1. The van der Waals surface area contributed by atoms with Gasteiger partial charge in [0.2, 0.25) is 0 Å². The molecule has 0 radical (unpaired) electrons. The molecule has 1 aliphatic carbocycles. The van der Waals surface area contributed by atoms with Crippen LogP contribution in [0.4, 0.5) is 0 Å². The number of hydrogen-bond donors (Lipinski definition) is 3. The molecule has 1 aromatic carbocycles. The summed E-state index contributed by atoms with van der Waals surface area (Å²) in [6.07, 6.45) is 3.35. The maximum absolute atomic E-state index is 12.6. The van der Waals surface area contributed by atoms with Crippen molar-refractivity contribution in [2.45, 2.75) is 26.2 Å². The molecule has 3 N–H and O–H groups in total. The van der Waals surface area contributed by atoms with Crippen molar-refractivity contribution < 1.29 is 23.2 Å². The summed E-state index contributed by atoms with van der Waals surface area (Å²) in [7, 11) is 0. The van der Waals surface area contributed by atoms with Crippen LogP contribution in [-0.2, 0) is 6.42 Å². The van der Waals surface area contributed by atoms with E-state index in [0.29, 0.717) is 46.0 Å². The Morgan fingerprint density at radius 2 is 1.84 bits per heavy atom. The van der Waals surface area contributed by atoms with Crippen LogP contribution in [-0.4, -0.2) is 23.4 Å². The largest absolute Gasteiger partial charge is 0.459 e. The molecule has 2 heterocycles. The summed E-state index contributed by atoms with van der Waals surface area (Å²) in [4.78, 5) is 36.9. The fraction of sp³-hybridized carbons (Fsp3) is 0.182. The second-order valence-electron chi connectivity index (χ2n) is 7.10. The Hall–Kier alpha value is -3.85. The number of nitrogens with one attached hydrogen (secondary N) is 3. The highest BCUT2D eigenvalue weighted by atomic mass is 35.5. The number of carbonyl (C=O) groups excluding carboxylic acids is 3. The van der Waals surface area contributed by atoms with E-state index in [9.17, 15) is 14.4 Å². The summed E-state index contributed by atoms with van der Waals surface area (Å²) in [6.45, 7) is 1.73. The summed E-state index contributed by atoms with van der Waals surface area (Å²) < 4.78 is 10.7. The van der Waals surface area contributed by atoms with Gasteiger partial charge in [0.05, 0.1) is 12.0 Å². The van der Waals surface area contributed by atoms with Crippen LogP contribution in [0, 0.1) is 6.92 Å². The maximum atomic E-state index is 12.6. The van der Waals surface area contributed by atoms with Crippen molar-refractivity contribution in [2.75, 3.05) is 0 Å². The summed E-state index contributed by atoms with van der Waals surface area (Å²) in [5, 5.41) is 4.72. The van der Waals surface area contributed by atoms with Crippen molar-refractivity contribution in [1.29, 1.82) is 0 Å². The first-order valence-corrected chi connectivity index (χ1v) is 10.2. The van der Waals surface area contributed by atoms with Crippen LogP contribution in [0.2, 0.25) is 5.02 Å². The fourth-order valence-corrected chi connectivity index (χ4v) is 3.64. The Kier molecular flexibility index (Phi) is 6.09. The van der Waals surface area contributed by atoms with E-state index in [2.05, 4.69) is 21.4 Å². The molecule has 9 nitrogen and oxygen atoms in total. The highest BCUT2D eigenvalue weighted by Gasteiger charge is 2.28. The smallest absolute Gasteiger partial charge is 0.305 e. The summed E-state index contributed by atoms with van der Waals surface area (Å²) in [5.41, 5.74) is 9.38. The average molecular weight is 455 g/mol. The van der Waals surface area contributed by atoms with Gasteiger partial charge in [0.25, 0.3) is 5.91 Å². The molecule has 0 saturated carbocycles. The number of benzene rings is 1. The molecule has 10 heteroatoms. The SMILES string of the molecule is Cc1c(C(=O)NNC(=O)c2ccco2)oc2c1/C(=N/NC(=O)c1cccc(Cl)c1)CCC2. The Morgan fingerprint density at radius 1 is 1.03 bits per heavy atom. The molecular weight excluding hydrogens is 436 g/mol. The highest BCUT2D eigenvalue weighted by Crippen LogP contribution is 2.29. The summed E-state index contributed by atoms with van der Waals surface area (Å²) in [6, 6.07) is 9.57. The van der Waals surface area contributed by atoms with E-state index in [1.165, 1.54) is 12.3 Å². The molecule has 2 aromatic heterocycles. The minimum atomic E-state index is -0.612. The minimum absolute atomic E-state index is 0.0607. The van der Waals surface area contributed by atoms with E-state index in [1.54, 1.807) is 37.3 Å². The predicted molar refractivity (Wildman–Crippen MR) is 115 cm³/mol. The Labute approximate surface area is 187 Å². The fourth-order valence-electron chi connectivity index (χ4n) is 3.45. The van der Waals surface area contributed by atoms with Gasteiger partial charge >= 0.3 is 11.8 Å². The van der Waals surface area contributed by atoms with Crippen LogP contribution >= 0.6 is 11.6 Å². The molecule has 0 fully saturated rings. The van der Waals surface area contributed by atoms with E-state index in [1.807, 2.05) is 0 Å². The van der Waals surface area contributed by atoms with Gasteiger partial charge in [-0.25, -0.2) is 5.43 Å². The van der Waals surface area contributed by atoms with Gasteiger partial charge in [0.1, 0.15) is 5.76 Å². The number of carbonyl (C=O) groups is 3. The molecular formula is C22H19ClN4O5. The first-order chi connectivity index (χ1) is 15.4. The zero-order valence-electron chi connectivity index (χ0n) is 17.0. The molecule has 32 heavy (non-hydrogen) atoms. The average Bonchev–Trinajstić information content (AvgIpc) is 3.44. The van der Waals surface area contributed by atoms with Gasteiger partial charge in [0.15, 0.2) is 11.5 Å². The van der Waals surface area contributed by atoms with Gasteiger partial charge in [-0.05, 0) is 50.1 Å². The molecule has 4 rings (SSSR count). The van der Waals surface area contributed by atoms with Crippen molar-refractivity contribution in [2.24, 2.45) is 5.10 Å². The number of nitrogens with zero attached hydrogens (tertiary/aromatic N) is 1. The highest BCUT2D eigenvalue weighted by molar-refractivity contribution is 6.31. The van der Waals surface area contributed by atoms with Crippen LogP contribution in [0.5, 0.6) is 0 Å². The number of fused-ring (bicyclic) bond motifs is 1. The monoisotopic (exact) mass is 454 g/mol. The maximum Gasteiger partial charge on any atom is 0.305 e. The van der Waals surface area contributed by atoms with Gasteiger partial charge in [-0.3, -0.25) is 25.2 Å². The molecule has 0 spiro atoms. The molecule has 3 amide bonds. The van der Waals surface area contributed by atoms with Gasteiger partial charge < -0.3 is 8.83 Å². The molecule has 0 bridgehead atoms. The Bertz CT molecular complexity index is 1210. The number of furan rings is 2. The number of hydrogen-bond acceptors (Lipinski definition) is 6. The second kappa shape index (κ2) is 9.11. The normalized spacial score (nSPS) is 14.0. The topological polar surface area (TPSA) is 126 Å². The van der Waals surface area contributed by atoms with Gasteiger partial charge in [0, 0.05) is 28.1 Å². The summed E-state index contributed by atoms with van der Waals surface area (Å²) in [5.74, 6) is -0.877. The third-order valence-corrected chi connectivity index (χ3v) is 5.18. The lowest BCUT2D eigenvalue weighted by Gasteiger charge is -2.13. The first kappa shape index (κ1) is 21.4. The summed E-state index contributed by atoms with van der Waals surface area (Å²) >= 11 is 5.93. The van der Waals surface area contributed by atoms with Gasteiger partial charge in [-0.1, -0.05) is 17.7 Å². The molecule has 1 aliphatic rings. The molecule has 0 unspecified atom stereocenters. The number of rotatable bonds is 4. The minimum Gasteiger partial charge on any atom is -0.459 e. The second-order valence-corrected chi connectivity index (χ2v) is 7.54. The molecule has 0 saturated heterocycles. The van der Waals surface area contributed by atoms with Crippen molar-refractivity contribution in [3.8, 4) is 0 Å². The van der Waals surface area contributed by atoms with E-state index >= 15 is 0 Å². The molecule has 3 aromatic rings. The lowest BCUT2D eigenvalue weighted by molar-refractivity contribution is 0.0815. The quantitative estimate of drug-likeness (QED) is 0.521. The lowest BCUT2D eigenvalue weighted by Crippen LogP contribution is -2.41. The van der Waals surface area contributed by atoms with E-state index < -0.39 is 17.7 Å². The van der Waals surface area contributed by atoms with Crippen molar-refractivity contribution in [3.63, 3.8) is 0 Å². The van der Waals surface area contributed by atoms with Crippen LogP contribution in [0.15, 0.2) is 56.6 Å². The molecule has 0 atom stereocenters. The van der Waals surface area contributed by atoms with Crippen molar-refractivity contribution in [3.05, 3.63) is 81.7 Å². The van der Waals surface area contributed by atoms with Crippen LogP contribution in [0.1, 0.15) is 61.2 Å². The van der Waals surface area contributed by atoms with Crippen molar-refractivity contribution in [1.82, 2.24) is 16.3 Å². The third kappa shape index (κ3) is 4.42. The predicted octanol–water partition coefficient (Wildman–Crippen LogP) is 3.38. The zero-order valence-corrected chi connectivity index (χ0v) is 17.8. The van der Waals surface area contributed by atoms with Crippen LogP contribution < -0.4 is 16.3 Å². The zero-order chi connectivity index (χ0) is 22.7. The first-order valence-electron chi connectivity index (χ1n) is 9.83. The molecule has 0 aliphatic heterocycles. The number of halogens is 1. The standard InChI is InChI=1S/C22H19ClN4O5/c1-12-18-15(24-25-20(28)13-5-2-6-14(23)11-13)7-3-8-16(18)32-19(12)22(30)27-26-21(29)17-9-4-10-31-17/h2,4-6,9-11H,3,7-8H2,1H3,(H,25,28)(H,26,29)(H,27,30)/b24-15+. The van der Waals surface area contributed by atoms with Gasteiger partial charge in [-0.15, -0.1) is 0 Å². The van der Waals surface area contributed by atoms with Crippen LogP contribution in [0.3, 0.4) is 0 Å². The number of hydrazine groups is 1. The van der Waals surface area contributed by atoms with E-state index in [4.69, 9.17) is 20.4 Å². The molecule has 164 valence electrons. The Morgan fingerprint density at radius 3 is 2.59 bits per heavy atom. The Balaban J connectivity index is 1.49. The third-order valence-electron chi connectivity index (χ3n) is 4.95. The number of hydrazone groups is 1. The van der Waals surface area contributed by atoms with Crippen molar-refractivity contribution >= 4 is 35.0 Å². The van der Waals surface area contributed by atoms with E-state index in [0.717, 1.165) is 6.42 Å². The number of amides is 3.